The molecule has 0 bridgehead atoms. The first-order valence-corrected chi connectivity index (χ1v) is 6.31. The molecular weight excluding hydrogens is 230 g/mol. The van der Waals surface area contributed by atoms with E-state index in [1.54, 1.807) is 0 Å². The Labute approximate surface area is 106 Å². The van der Waals surface area contributed by atoms with E-state index in [0.29, 0.717) is 11.5 Å². The van der Waals surface area contributed by atoms with Crippen LogP contribution in [-0.2, 0) is 0 Å². The Morgan fingerprint density at radius 2 is 2.17 bits per heavy atom. The first-order valence-electron chi connectivity index (χ1n) is 6.31. The van der Waals surface area contributed by atoms with Crippen LogP contribution >= 0.6 is 0 Å². The molecule has 1 amide bonds. The normalized spacial score (nSPS) is 22.8. The van der Waals surface area contributed by atoms with E-state index in [2.05, 4.69) is 20.6 Å². The molecule has 1 saturated carbocycles. The van der Waals surface area contributed by atoms with Crippen LogP contribution in [0.1, 0.15) is 36.5 Å². The van der Waals surface area contributed by atoms with Gasteiger partial charge in [0.15, 0.2) is 0 Å². The number of carbonyl (C=O) groups excluding carboxylic acids is 1. The molecule has 18 heavy (non-hydrogen) atoms. The Morgan fingerprint density at radius 1 is 1.44 bits per heavy atom. The van der Waals surface area contributed by atoms with Gasteiger partial charge in [-0.3, -0.25) is 4.79 Å². The number of nitrogens with two attached hydrogens (primary N) is 1. The minimum atomic E-state index is -0.128. The van der Waals surface area contributed by atoms with E-state index in [-0.39, 0.29) is 18.0 Å². The van der Waals surface area contributed by atoms with Crippen molar-refractivity contribution in [2.75, 3.05) is 11.9 Å². The maximum Gasteiger partial charge on any atom is 0.254 e. The highest BCUT2D eigenvalue weighted by Gasteiger charge is 2.23. The summed E-state index contributed by atoms with van der Waals surface area (Å²) in [5.41, 5.74) is 6.29. The predicted octanol–water partition coefficient (Wildman–Crippen LogP) is 0.518. The van der Waals surface area contributed by atoms with Crippen molar-refractivity contribution in [2.45, 2.75) is 38.3 Å². The molecule has 4 N–H and O–H groups in total. The summed E-state index contributed by atoms with van der Waals surface area (Å²) in [4.78, 5) is 20.1. The van der Waals surface area contributed by atoms with Gasteiger partial charge in [-0.25, -0.2) is 9.97 Å². The maximum absolute atomic E-state index is 11.9. The topological polar surface area (TPSA) is 92.9 Å². The Balaban J connectivity index is 1.92. The second kappa shape index (κ2) is 5.77. The van der Waals surface area contributed by atoms with Crippen molar-refractivity contribution in [1.29, 1.82) is 0 Å². The van der Waals surface area contributed by atoms with Crippen LogP contribution < -0.4 is 16.4 Å². The molecule has 1 aliphatic carbocycles. The summed E-state index contributed by atoms with van der Waals surface area (Å²) in [6, 6.07) is 0.392. The fourth-order valence-electron chi connectivity index (χ4n) is 2.11. The summed E-state index contributed by atoms with van der Waals surface area (Å²) in [7, 11) is 0. The zero-order valence-electron chi connectivity index (χ0n) is 10.5. The number of anilines is 1. The molecular formula is C12H19N5O. The van der Waals surface area contributed by atoms with Crippen molar-refractivity contribution in [3.05, 3.63) is 18.0 Å². The summed E-state index contributed by atoms with van der Waals surface area (Å²) < 4.78 is 0. The SMILES string of the molecule is CCNc1ncc(C(=O)N[C@H]2CC[C@H](N)C2)cn1. The number of carbonyl (C=O) groups is 1. The van der Waals surface area contributed by atoms with Crippen LogP contribution in [0.4, 0.5) is 5.95 Å². The Bertz CT molecular complexity index is 405. The van der Waals surface area contributed by atoms with Crippen molar-refractivity contribution in [3.63, 3.8) is 0 Å². The van der Waals surface area contributed by atoms with Crippen molar-refractivity contribution < 1.29 is 4.79 Å². The zero-order valence-corrected chi connectivity index (χ0v) is 10.5. The second-order valence-corrected chi connectivity index (χ2v) is 4.57. The molecule has 1 heterocycles. The van der Waals surface area contributed by atoms with Crippen LogP contribution in [0.25, 0.3) is 0 Å². The Kier molecular flexibility index (Phi) is 4.09. The lowest BCUT2D eigenvalue weighted by Gasteiger charge is -2.12. The van der Waals surface area contributed by atoms with Crippen molar-refractivity contribution in [1.82, 2.24) is 15.3 Å². The maximum atomic E-state index is 11.9. The van der Waals surface area contributed by atoms with E-state index in [1.807, 2.05) is 6.92 Å². The fraction of sp³-hybridized carbons (Fsp3) is 0.583. The molecule has 0 spiro atoms. The van der Waals surface area contributed by atoms with Gasteiger partial charge >= 0.3 is 0 Å². The van der Waals surface area contributed by atoms with E-state index in [9.17, 15) is 4.79 Å². The molecule has 2 atom stereocenters. The predicted molar refractivity (Wildman–Crippen MR) is 69.3 cm³/mol. The Morgan fingerprint density at radius 3 is 2.72 bits per heavy atom. The van der Waals surface area contributed by atoms with Gasteiger partial charge in [-0.15, -0.1) is 0 Å². The summed E-state index contributed by atoms with van der Waals surface area (Å²) in [6.07, 6.45) is 5.84. The van der Waals surface area contributed by atoms with Crippen molar-refractivity contribution >= 4 is 11.9 Å². The lowest BCUT2D eigenvalue weighted by molar-refractivity contribution is 0.0937. The highest BCUT2D eigenvalue weighted by Crippen LogP contribution is 2.17. The molecule has 0 aromatic carbocycles. The highest BCUT2D eigenvalue weighted by atomic mass is 16.1. The third-order valence-corrected chi connectivity index (χ3v) is 3.06. The van der Waals surface area contributed by atoms with Gasteiger partial charge in [0.05, 0.1) is 5.56 Å². The quantitative estimate of drug-likeness (QED) is 0.723. The van der Waals surface area contributed by atoms with E-state index in [0.717, 1.165) is 25.8 Å². The number of hydrogen-bond donors (Lipinski definition) is 3. The third-order valence-electron chi connectivity index (χ3n) is 3.06. The number of hydrogen-bond acceptors (Lipinski definition) is 5. The zero-order chi connectivity index (χ0) is 13.0. The fourth-order valence-corrected chi connectivity index (χ4v) is 2.11. The van der Waals surface area contributed by atoms with Gasteiger partial charge in [-0.1, -0.05) is 0 Å². The second-order valence-electron chi connectivity index (χ2n) is 4.57. The van der Waals surface area contributed by atoms with Gasteiger partial charge < -0.3 is 16.4 Å². The molecule has 6 nitrogen and oxygen atoms in total. The minimum Gasteiger partial charge on any atom is -0.355 e. The molecule has 0 unspecified atom stereocenters. The molecule has 0 saturated heterocycles. The van der Waals surface area contributed by atoms with Crippen molar-refractivity contribution in [3.8, 4) is 0 Å². The molecule has 98 valence electrons. The van der Waals surface area contributed by atoms with E-state index in [1.165, 1.54) is 12.4 Å². The van der Waals surface area contributed by atoms with E-state index < -0.39 is 0 Å². The van der Waals surface area contributed by atoms with Gasteiger partial charge in [0.25, 0.3) is 5.91 Å². The van der Waals surface area contributed by atoms with Crippen LogP contribution in [-0.4, -0.2) is 34.5 Å². The smallest absolute Gasteiger partial charge is 0.254 e. The monoisotopic (exact) mass is 249 g/mol. The molecule has 0 aliphatic heterocycles. The largest absolute Gasteiger partial charge is 0.355 e. The summed E-state index contributed by atoms with van der Waals surface area (Å²) in [5.74, 6) is 0.411. The summed E-state index contributed by atoms with van der Waals surface area (Å²) >= 11 is 0. The van der Waals surface area contributed by atoms with Gasteiger partial charge in [0.2, 0.25) is 5.95 Å². The average Bonchev–Trinajstić information content (AvgIpc) is 2.76. The summed E-state index contributed by atoms with van der Waals surface area (Å²) in [5, 5.41) is 5.94. The molecule has 6 heteroatoms. The standard InChI is InChI=1S/C12H19N5O/c1-2-14-12-15-6-8(7-16-12)11(18)17-10-4-3-9(13)5-10/h6-7,9-10H,2-5,13H2,1H3,(H,17,18)(H,14,15,16)/t9-,10-/m0/s1. The van der Waals surface area contributed by atoms with Gasteiger partial charge in [0, 0.05) is 31.0 Å². The van der Waals surface area contributed by atoms with Crippen LogP contribution in [0, 0.1) is 0 Å². The highest BCUT2D eigenvalue weighted by molar-refractivity contribution is 5.93. The minimum absolute atomic E-state index is 0.128. The number of amides is 1. The van der Waals surface area contributed by atoms with Crippen LogP contribution in [0.3, 0.4) is 0 Å². The number of rotatable bonds is 4. The summed E-state index contributed by atoms with van der Waals surface area (Å²) in [6.45, 7) is 2.72. The van der Waals surface area contributed by atoms with Gasteiger partial charge in [-0.05, 0) is 26.2 Å². The molecule has 1 aliphatic rings. The van der Waals surface area contributed by atoms with Gasteiger partial charge in [0.1, 0.15) is 0 Å². The molecule has 0 radical (unpaired) electrons. The van der Waals surface area contributed by atoms with Crippen LogP contribution in [0.5, 0.6) is 0 Å². The first-order chi connectivity index (χ1) is 8.69. The lowest BCUT2D eigenvalue weighted by Crippen LogP contribution is -2.34. The van der Waals surface area contributed by atoms with Gasteiger partial charge in [-0.2, -0.15) is 0 Å². The first kappa shape index (κ1) is 12.8. The lowest BCUT2D eigenvalue weighted by atomic mass is 10.2. The number of aromatic nitrogens is 2. The van der Waals surface area contributed by atoms with Crippen molar-refractivity contribution in [2.24, 2.45) is 5.73 Å². The molecule has 2 rings (SSSR count). The number of nitrogens with one attached hydrogen (secondary N) is 2. The number of nitrogens with zero attached hydrogens (tertiary/aromatic N) is 2. The molecule has 1 aromatic heterocycles. The van der Waals surface area contributed by atoms with E-state index >= 15 is 0 Å². The van der Waals surface area contributed by atoms with E-state index in [4.69, 9.17) is 5.73 Å². The third kappa shape index (κ3) is 3.16. The Hall–Kier alpha value is -1.69. The molecule has 1 aromatic rings. The van der Waals surface area contributed by atoms with Crippen LogP contribution in [0.2, 0.25) is 0 Å². The van der Waals surface area contributed by atoms with Crippen LogP contribution in [0.15, 0.2) is 12.4 Å². The molecule has 1 fully saturated rings. The average molecular weight is 249 g/mol.